The fourth-order valence-corrected chi connectivity index (χ4v) is 2.95. The molecule has 0 radical (unpaired) electrons. The summed E-state index contributed by atoms with van der Waals surface area (Å²) in [7, 11) is 4.41. The zero-order valence-electron chi connectivity index (χ0n) is 12.5. The lowest BCUT2D eigenvalue weighted by Crippen LogP contribution is -2.36. The number of anilines is 1. The third-order valence-corrected chi connectivity index (χ3v) is 4.21. The highest BCUT2D eigenvalue weighted by Gasteiger charge is 2.19. The van der Waals surface area contributed by atoms with Crippen LogP contribution in [0, 0.1) is 5.92 Å². The molecule has 0 aliphatic carbocycles. The Hall–Kier alpha value is -1.06. The van der Waals surface area contributed by atoms with Gasteiger partial charge < -0.3 is 15.5 Å². The number of rotatable bonds is 4. The second kappa shape index (κ2) is 6.40. The lowest BCUT2D eigenvalue weighted by Gasteiger charge is -2.33. The van der Waals surface area contributed by atoms with Crippen LogP contribution in [0.1, 0.15) is 31.4 Å². The van der Waals surface area contributed by atoms with Crippen molar-refractivity contribution in [2.75, 3.05) is 38.6 Å². The fraction of sp³-hybridized carbons (Fsp3) is 0.625. The van der Waals surface area contributed by atoms with E-state index in [0.29, 0.717) is 0 Å². The summed E-state index contributed by atoms with van der Waals surface area (Å²) in [6, 6.07) is 8.60. The van der Waals surface area contributed by atoms with Crippen LogP contribution < -0.4 is 10.6 Å². The van der Waals surface area contributed by atoms with Gasteiger partial charge in [0.15, 0.2) is 0 Å². The topological polar surface area (TPSA) is 32.5 Å². The van der Waals surface area contributed by atoms with Crippen molar-refractivity contribution in [3.8, 4) is 0 Å². The van der Waals surface area contributed by atoms with Crippen LogP contribution in [0.4, 0.5) is 5.69 Å². The van der Waals surface area contributed by atoms with E-state index in [1.807, 2.05) is 0 Å². The first kappa shape index (κ1) is 14.4. The number of benzene rings is 1. The van der Waals surface area contributed by atoms with Gasteiger partial charge in [-0.25, -0.2) is 0 Å². The van der Waals surface area contributed by atoms with Gasteiger partial charge in [-0.2, -0.15) is 0 Å². The van der Waals surface area contributed by atoms with Gasteiger partial charge in [-0.1, -0.05) is 18.2 Å². The van der Waals surface area contributed by atoms with E-state index in [-0.39, 0.29) is 6.04 Å². The molecule has 1 saturated heterocycles. The first-order chi connectivity index (χ1) is 9.08. The van der Waals surface area contributed by atoms with Crippen molar-refractivity contribution in [1.29, 1.82) is 0 Å². The Morgan fingerprint density at radius 1 is 1.32 bits per heavy atom. The van der Waals surface area contributed by atoms with E-state index in [9.17, 15) is 0 Å². The summed E-state index contributed by atoms with van der Waals surface area (Å²) in [5, 5.41) is 0. The number of hydrogen-bond acceptors (Lipinski definition) is 3. The molecule has 106 valence electrons. The molecule has 1 heterocycles. The summed E-state index contributed by atoms with van der Waals surface area (Å²) in [5.41, 5.74) is 8.61. The summed E-state index contributed by atoms with van der Waals surface area (Å²) in [6.45, 7) is 5.65. The Bertz CT molecular complexity index is 395. The van der Waals surface area contributed by atoms with Gasteiger partial charge in [0.1, 0.15) is 0 Å². The van der Waals surface area contributed by atoms with Gasteiger partial charge in [-0.05, 0) is 57.5 Å². The molecule has 2 rings (SSSR count). The minimum atomic E-state index is 0.0936. The lowest BCUT2D eigenvalue weighted by atomic mass is 9.96. The summed E-state index contributed by atoms with van der Waals surface area (Å²) in [4.78, 5) is 4.81. The van der Waals surface area contributed by atoms with Gasteiger partial charge in [-0.15, -0.1) is 0 Å². The Kier molecular flexibility index (Phi) is 4.83. The first-order valence-electron chi connectivity index (χ1n) is 7.32. The minimum absolute atomic E-state index is 0.0936. The second-order valence-electron chi connectivity index (χ2n) is 5.97. The average molecular weight is 261 g/mol. The molecule has 1 aliphatic heterocycles. The Morgan fingerprint density at radius 3 is 2.58 bits per heavy atom. The van der Waals surface area contributed by atoms with Crippen molar-refractivity contribution in [2.45, 2.75) is 25.8 Å². The molecule has 0 unspecified atom stereocenters. The highest BCUT2D eigenvalue weighted by atomic mass is 15.1. The monoisotopic (exact) mass is 261 g/mol. The standard InChI is InChI=1S/C16H27N3/c1-13(17)15-6-4-5-7-16(15)19(3)12-14-8-10-18(2)11-9-14/h4-7,13-14H,8-12,17H2,1-3H3/t13-/m0/s1. The maximum absolute atomic E-state index is 6.07. The Balaban J connectivity index is 2.01. The van der Waals surface area contributed by atoms with Crippen LogP contribution >= 0.6 is 0 Å². The van der Waals surface area contributed by atoms with Crippen LogP contribution in [-0.4, -0.2) is 38.6 Å². The molecule has 0 bridgehead atoms. The molecule has 1 atom stereocenters. The van der Waals surface area contributed by atoms with Crippen molar-refractivity contribution < 1.29 is 0 Å². The quantitative estimate of drug-likeness (QED) is 0.904. The van der Waals surface area contributed by atoms with Crippen LogP contribution in [0.25, 0.3) is 0 Å². The molecule has 0 amide bonds. The normalized spacial score (nSPS) is 19.4. The van der Waals surface area contributed by atoms with E-state index in [1.54, 1.807) is 0 Å². The molecule has 0 spiro atoms. The number of para-hydroxylation sites is 1. The summed E-state index contributed by atoms with van der Waals surface area (Å²) in [6.07, 6.45) is 2.61. The molecule has 3 heteroatoms. The molecule has 3 nitrogen and oxygen atoms in total. The van der Waals surface area contributed by atoms with E-state index >= 15 is 0 Å². The van der Waals surface area contributed by atoms with Crippen LogP contribution in [0.3, 0.4) is 0 Å². The maximum Gasteiger partial charge on any atom is 0.0412 e. The van der Waals surface area contributed by atoms with Gasteiger partial charge in [0.25, 0.3) is 0 Å². The molecular formula is C16H27N3. The molecule has 2 N–H and O–H groups in total. The second-order valence-corrected chi connectivity index (χ2v) is 5.97. The minimum Gasteiger partial charge on any atom is -0.374 e. The molecule has 1 aromatic carbocycles. The molecule has 1 fully saturated rings. The van der Waals surface area contributed by atoms with Crippen molar-refractivity contribution in [2.24, 2.45) is 11.7 Å². The van der Waals surface area contributed by atoms with Gasteiger partial charge in [0, 0.05) is 25.3 Å². The Morgan fingerprint density at radius 2 is 1.95 bits per heavy atom. The predicted octanol–water partition coefficient (Wildman–Crippen LogP) is 2.48. The van der Waals surface area contributed by atoms with E-state index in [2.05, 4.69) is 55.1 Å². The van der Waals surface area contributed by atoms with E-state index in [0.717, 1.165) is 12.5 Å². The zero-order chi connectivity index (χ0) is 13.8. The number of piperidine rings is 1. The average Bonchev–Trinajstić information content (AvgIpc) is 2.41. The van der Waals surface area contributed by atoms with Crippen molar-refractivity contribution >= 4 is 5.69 Å². The molecule has 1 aromatic rings. The summed E-state index contributed by atoms with van der Waals surface area (Å²) >= 11 is 0. The lowest BCUT2D eigenvalue weighted by molar-refractivity contribution is 0.222. The SMILES string of the molecule is C[C@H](N)c1ccccc1N(C)CC1CCN(C)CC1. The molecule has 0 aromatic heterocycles. The fourth-order valence-electron chi connectivity index (χ4n) is 2.95. The van der Waals surface area contributed by atoms with Crippen LogP contribution in [-0.2, 0) is 0 Å². The van der Waals surface area contributed by atoms with Gasteiger partial charge in [-0.3, -0.25) is 0 Å². The van der Waals surface area contributed by atoms with Gasteiger partial charge in [0.05, 0.1) is 0 Å². The highest BCUT2D eigenvalue weighted by Crippen LogP contribution is 2.26. The van der Waals surface area contributed by atoms with Crippen LogP contribution in [0.5, 0.6) is 0 Å². The number of nitrogens with zero attached hydrogens (tertiary/aromatic N) is 2. The van der Waals surface area contributed by atoms with Gasteiger partial charge in [0.2, 0.25) is 0 Å². The first-order valence-corrected chi connectivity index (χ1v) is 7.32. The largest absolute Gasteiger partial charge is 0.374 e. The maximum atomic E-state index is 6.07. The van der Waals surface area contributed by atoms with Crippen molar-refractivity contribution in [1.82, 2.24) is 4.90 Å². The highest BCUT2D eigenvalue weighted by molar-refractivity contribution is 5.54. The van der Waals surface area contributed by atoms with Crippen LogP contribution in [0.15, 0.2) is 24.3 Å². The van der Waals surface area contributed by atoms with Crippen LogP contribution in [0.2, 0.25) is 0 Å². The predicted molar refractivity (Wildman–Crippen MR) is 82.5 cm³/mol. The van der Waals surface area contributed by atoms with E-state index in [1.165, 1.54) is 37.2 Å². The molecular weight excluding hydrogens is 234 g/mol. The molecule has 1 aliphatic rings. The van der Waals surface area contributed by atoms with Gasteiger partial charge >= 0.3 is 0 Å². The third-order valence-electron chi connectivity index (χ3n) is 4.21. The zero-order valence-corrected chi connectivity index (χ0v) is 12.5. The van der Waals surface area contributed by atoms with E-state index in [4.69, 9.17) is 5.73 Å². The Labute approximate surface area is 117 Å². The third kappa shape index (κ3) is 3.71. The number of hydrogen-bond donors (Lipinski definition) is 1. The van der Waals surface area contributed by atoms with E-state index < -0.39 is 0 Å². The number of nitrogens with two attached hydrogens (primary N) is 1. The molecule has 19 heavy (non-hydrogen) atoms. The molecule has 0 saturated carbocycles. The summed E-state index contributed by atoms with van der Waals surface area (Å²) in [5.74, 6) is 0.808. The smallest absolute Gasteiger partial charge is 0.0412 e. The summed E-state index contributed by atoms with van der Waals surface area (Å²) < 4.78 is 0. The number of likely N-dealkylation sites (tertiary alicyclic amines) is 1. The van der Waals surface area contributed by atoms with Crippen molar-refractivity contribution in [3.05, 3.63) is 29.8 Å². The van der Waals surface area contributed by atoms with Crippen molar-refractivity contribution in [3.63, 3.8) is 0 Å².